The van der Waals surface area contributed by atoms with Crippen LogP contribution < -0.4 is 4.74 Å². The number of rotatable bonds is 6. The van der Waals surface area contributed by atoms with E-state index in [2.05, 4.69) is 21.0 Å². The van der Waals surface area contributed by atoms with Crippen LogP contribution in [0.4, 0.5) is 0 Å². The topological polar surface area (TPSA) is 44.1 Å². The largest absolute Gasteiger partial charge is 0.493 e. The average Bonchev–Trinajstić information content (AvgIpc) is 2.96. The summed E-state index contributed by atoms with van der Waals surface area (Å²) < 4.78 is 8.18. The van der Waals surface area contributed by atoms with Crippen molar-refractivity contribution in [3.63, 3.8) is 0 Å². The second-order valence-corrected chi connectivity index (χ2v) is 5.26. The zero-order chi connectivity index (χ0) is 15.2. The number of hydrogen-bond acceptors (Lipinski definition) is 3. The number of allylic oxidation sites excluding steroid dienone is 1. The van der Waals surface area contributed by atoms with Crippen LogP contribution in [0.25, 0.3) is 6.08 Å². The van der Waals surface area contributed by atoms with Crippen molar-refractivity contribution in [3.8, 4) is 5.75 Å². The molecule has 0 fully saturated rings. The highest BCUT2D eigenvalue weighted by atomic mass is 79.9. The number of ketones is 1. The second-order valence-electron chi connectivity index (χ2n) is 4.34. The van der Waals surface area contributed by atoms with Gasteiger partial charge in [-0.1, -0.05) is 15.9 Å². The zero-order valence-corrected chi connectivity index (χ0v) is 13.6. The van der Waals surface area contributed by atoms with E-state index in [1.807, 2.05) is 32.0 Å². The van der Waals surface area contributed by atoms with E-state index in [0.29, 0.717) is 18.8 Å². The van der Waals surface area contributed by atoms with Gasteiger partial charge in [-0.3, -0.25) is 9.48 Å². The van der Waals surface area contributed by atoms with E-state index >= 15 is 0 Å². The summed E-state index contributed by atoms with van der Waals surface area (Å²) in [5.74, 6) is 0.686. The van der Waals surface area contributed by atoms with Gasteiger partial charge in [0.25, 0.3) is 0 Å². The number of hydrogen-bond donors (Lipinski definition) is 0. The summed E-state index contributed by atoms with van der Waals surface area (Å²) in [6.07, 6.45) is 4.95. The molecular formula is C16H17BrN2O2. The monoisotopic (exact) mass is 348 g/mol. The Morgan fingerprint density at radius 3 is 2.90 bits per heavy atom. The van der Waals surface area contributed by atoms with E-state index in [1.54, 1.807) is 29.1 Å². The molecule has 0 aliphatic rings. The number of aryl methyl sites for hydroxylation is 1. The number of nitrogens with zero attached hydrogens (tertiary/aromatic N) is 2. The van der Waals surface area contributed by atoms with E-state index in [1.165, 1.54) is 0 Å². The van der Waals surface area contributed by atoms with Crippen LogP contribution in [0.2, 0.25) is 0 Å². The highest BCUT2D eigenvalue weighted by Gasteiger charge is 2.08. The van der Waals surface area contributed by atoms with Crippen molar-refractivity contribution < 1.29 is 9.53 Å². The van der Waals surface area contributed by atoms with Crippen LogP contribution in [0.3, 0.4) is 0 Å². The summed E-state index contributed by atoms with van der Waals surface area (Å²) >= 11 is 3.43. The highest BCUT2D eigenvalue weighted by molar-refractivity contribution is 9.10. The van der Waals surface area contributed by atoms with E-state index in [-0.39, 0.29) is 5.78 Å². The fourth-order valence-electron chi connectivity index (χ4n) is 1.98. The Balaban J connectivity index is 2.24. The van der Waals surface area contributed by atoms with E-state index < -0.39 is 0 Å². The van der Waals surface area contributed by atoms with Crippen LogP contribution in [0, 0.1) is 0 Å². The summed E-state index contributed by atoms with van der Waals surface area (Å²) in [5.41, 5.74) is 1.45. The molecule has 0 saturated carbocycles. The molecule has 0 bridgehead atoms. The molecule has 0 amide bonds. The minimum atomic E-state index is -0.0724. The van der Waals surface area contributed by atoms with Gasteiger partial charge in [-0.2, -0.15) is 5.10 Å². The summed E-state index contributed by atoms with van der Waals surface area (Å²) in [7, 11) is 0. The smallest absolute Gasteiger partial charge is 0.203 e. The number of benzene rings is 1. The van der Waals surface area contributed by atoms with Gasteiger partial charge in [0.1, 0.15) is 11.4 Å². The molecule has 0 aliphatic heterocycles. The van der Waals surface area contributed by atoms with Crippen LogP contribution in [0.5, 0.6) is 5.75 Å². The third-order valence-electron chi connectivity index (χ3n) is 2.95. The normalized spacial score (nSPS) is 11.0. The van der Waals surface area contributed by atoms with Gasteiger partial charge in [0.05, 0.1) is 6.61 Å². The van der Waals surface area contributed by atoms with Crippen LogP contribution in [0.1, 0.15) is 29.9 Å². The molecule has 2 aromatic rings. The van der Waals surface area contributed by atoms with Gasteiger partial charge in [-0.15, -0.1) is 0 Å². The van der Waals surface area contributed by atoms with Crippen molar-refractivity contribution >= 4 is 27.8 Å². The Kier molecular flexibility index (Phi) is 5.33. The molecule has 1 aromatic heterocycles. The maximum Gasteiger partial charge on any atom is 0.203 e. The van der Waals surface area contributed by atoms with Crippen molar-refractivity contribution in [2.75, 3.05) is 6.61 Å². The molecule has 110 valence electrons. The van der Waals surface area contributed by atoms with Gasteiger partial charge in [-0.25, -0.2) is 0 Å². The Labute approximate surface area is 132 Å². The maximum atomic E-state index is 12.2. The molecule has 2 rings (SSSR count). The molecule has 0 atom stereocenters. The van der Waals surface area contributed by atoms with Crippen molar-refractivity contribution in [2.45, 2.75) is 20.4 Å². The molecular weight excluding hydrogens is 332 g/mol. The Morgan fingerprint density at radius 2 is 2.19 bits per heavy atom. The molecule has 21 heavy (non-hydrogen) atoms. The third-order valence-corrected chi connectivity index (χ3v) is 3.45. The molecule has 1 aromatic carbocycles. The fourth-order valence-corrected chi connectivity index (χ4v) is 2.36. The minimum absolute atomic E-state index is 0.0724. The summed E-state index contributed by atoms with van der Waals surface area (Å²) in [6, 6.07) is 7.44. The number of carbonyl (C=O) groups is 1. The molecule has 0 N–H and O–H groups in total. The quantitative estimate of drug-likeness (QED) is 0.586. The lowest BCUT2D eigenvalue weighted by molar-refractivity contribution is 0.103. The van der Waals surface area contributed by atoms with Crippen LogP contribution in [0.15, 0.2) is 41.0 Å². The lowest BCUT2D eigenvalue weighted by Gasteiger charge is -2.07. The summed E-state index contributed by atoms with van der Waals surface area (Å²) in [6.45, 7) is 5.14. The summed E-state index contributed by atoms with van der Waals surface area (Å²) in [5, 5.41) is 4.10. The summed E-state index contributed by atoms with van der Waals surface area (Å²) in [4.78, 5) is 12.2. The van der Waals surface area contributed by atoms with Crippen molar-refractivity contribution in [3.05, 3.63) is 52.3 Å². The molecule has 0 radical (unpaired) electrons. The van der Waals surface area contributed by atoms with Gasteiger partial charge in [-0.05, 0) is 50.3 Å². The Hall–Kier alpha value is -1.88. The van der Waals surface area contributed by atoms with Gasteiger partial charge >= 0.3 is 0 Å². The first-order valence-electron chi connectivity index (χ1n) is 6.82. The molecule has 5 heteroatoms. The maximum absolute atomic E-state index is 12.2. The van der Waals surface area contributed by atoms with E-state index in [9.17, 15) is 4.79 Å². The van der Waals surface area contributed by atoms with Gasteiger partial charge in [0, 0.05) is 22.8 Å². The molecule has 0 unspecified atom stereocenters. The second kappa shape index (κ2) is 7.22. The Morgan fingerprint density at radius 1 is 1.38 bits per heavy atom. The van der Waals surface area contributed by atoms with Gasteiger partial charge in [0.2, 0.25) is 5.78 Å². The minimum Gasteiger partial charge on any atom is -0.493 e. The number of halogens is 1. The Bertz CT molecular complexity index is 662. The first-order valence-corrected chi connectivity index (χ1v) is 7.61. The van der Waals surface area contributed by atoms with Crippen molar-refractivity contribution in [2.24, 2.45) is 0 Å². The molecule has 0 aliphatic carbocycles. The number of ether oxygens (including phenoxy) is 1. The van der Waals surface area contributed by atoms with E-state index in [4.69, 9.17) is 4.74 Å². The lowest BCUT2D eigenvalue weighted by atomic mass is 10.1. The third kappa shape index (κ3) is 3.82. The lowest BCUT2D eigenvalue weighted by Crippen LogP contribution is -2.07. The predicted octanol–water partition coefficient (Wildman–Crippen LogP) is 3.96. The first kappa shape index (κ1) is 15.5. The SMILES string of the molecule is CCOc1ccc(Br)cc1/C=C/C(=O)c1ccnn1CC. The van der Waals surface area contributed by atoms with Crippen LogP contribution >= 0.6 is 15.9 Å². The molecule has 0 saturated heterocycles. The van der Waals surface area contributed by atoms with Crippen LogP contribution in [-0.2, 0) is 6.54 Å². The fraction of sp³-hybridized carbons (Fsp3) is 0.250. The molecule has 0 spiro atoms. The standard InChI is InChI=1S/C16H17BrN2O2/c1-3-19-14(9-10-18-19)15(20)7-5-12-11-13(17)6-8-16(12)21-4-2/h5-11H,3-4H2,1-2H3/b7-5+. The first-order chi connectivity index (χ1) is 10.2. The highest BCUT2D eigenvalue weighted by Crippen LogP contribution is 2.24. The van der Waals surface area contributed by atoms with E-state index in [0.717, 1.165) is 15.8 Å². The average molecular weight is 349 g/mol. The van der Waals surface area contributed by atoms with Gasteiger partial charge < -0.3 is 4.74 Å². The number of aromatic nitrogens is 2. The van der Waals surface area contributed by atoms with Crippen LogP contribution in [-0.4, -0.2) is 22.2 Å². The van der Waals surface area contributed by atoms with Crippen molar-refractivity contribution in [1.29, 1.82) is 0 Å². The predicted molar refractivity (Wildman–Crippen MR) is 86.6 cm³/mol. The van der Waals surface area contributed by atoms with Gasteiger partial charge in [0.15, 0.2) is 0 Å². The molecule has 4 nitrogen and oxygen atoms in total. The number of carbonyl (C=O) groups excluding carboxylic acids is 1. The van der Waals surface area contributed by atoms with Crippen molar-refractivity contribution in [1.82, 2.24) is 9.78 Å². The molecule has 1 heterocycles. The zero-order valence-electron chi connectivity index (χ0n) is 12.0.